The van der Waals surface area contributed by atoms with Crippen LogP contribution in [0.25, 0.3) is 0 Å². The maximum Gasteiger partial charge on any atom is 0.387 e. The molecule has 0 aliphatic heterocycles. The number of carbonyl (C=O) groups is 1. The molecule has 19 heavy (non-hydrogen) atoms. The molecule has 1 aromatic heterocycles. The van der Waals surface area contributed by atoms with Crippen LogP contribution in [0, 0.1) is 0 Å². The monoisotopic (exact) mass is 283 g/mol. The minimum Gasteiger partial charge on any atom is -0.432 e. The lowest BCUT2D eigenvalue weighted by Gasteiger charge is -2.11. The van der Waals surface area contributed by atoms with Crippen LogP contribution in [0.2, 0.25) is 5.02 Å². The number of carbonyl (C=O) groups excluding carboxylic acids is 1. The molecule has 2 aromatic rings. The first-order chi connectivity index (χ1) is 9.09. The first-order valence-electron chi connectivity index (χ1n) is 5.28. The molecule has 0 atom stereocenters. The van der Waals surface area contributed by atoms with Crippen LogP contribution >= 0.6 is 11.6 Å². The standard InChI is InChI=1S/C13H8ClF2NO2/c14-9-5-3-4-8(12(9)19-13(15)16)11(18)10-6-1-2-7-17-10/h1-7,13H. The van der Waals surface area contributed by atoms with E-state index in [2.05, 4.69) is 9.72 Å². The van der Waals surface area contributed by atoms with Gasteiger partial charge in [0.05, 0.1) is 10.6 Å². The van der Waals surface area contributed by atoms with E-state index in [1.165, 1.54) is 30.5 Å². The molecule has 98 valence electrons. The van der Waals surface area contributed by atoms with Crippen molar-refractivity contribution in [3.63, 3.8) is 0 Å². The van der Waals surface area contributed by atoms with Crippen LogP contribution in [0.1, 0.15) is 16.1 Å². The van der Waals surface area contributed by atoms with Gasteiger partial charge in [-0.3, -0.25) is 9.78 Å². The Balaban J connectivity index is 2.45. The molecule has 0 fully saturated rings. The quantitative estimate of drug-likeness (QED) is 0.805. The summed E-state index contributed by atoms with van der Waals surface area (Å²) in [6.45, 7) is -3.06. The number of ketones is 1. The predicted molar refractivity (Wildman–Crippen MR) is 65.8 cm³/mol. The molecule has 0 bridgehead atoms. The summed E-state index contributed by atoms with van der Waals surface area (Å²) in [4.78, 5) is 16.0. The molecule has 0 amide bonds. The fourth-order valence-corrected chi connectivity index (χ4v) is 1.75. The van der Waals surface area contributed by atoms with E-state index in [1.54, 1.807) is 12.1 Å². The van der Waals surface area contributed by atoms with Gasteiger partial charge in [-0.15, -0.1) is 0 Å². The Hall–Kier alpha value is -2.01. The summed E-state index contributed by atoms with van der Waals surface area (Å²) in [7, 11) is 0. The Morgan fingerprint density at radius 1 is 1.21 bits per heavy atom. The van der Waals surface area contributed by atoms with Gasteiger partial charge < -0.3 is 4.74 Å². The predicted octanol–water partition coefficient (Wildman–Crippen LogP) is 3.57. The largest absolute Gasteiger partial charge is 0.432 e. The smallest absolute Gasteiger partial charge is 0.387 e. The lowest BCUT2D eigenvalue weighted by atomic mass is 10.1. The van der Waals surface area contributed by atoms with E-state index in [0.717, 1.165) is 0 Å². The minimum atomic E-state index is -3.06. The Bertz CT molecular complexity index is 590. The van der Waals surface area contributed by atoms with Crippen molar-refractivity contribution in [3.05, 3.63) is 58.9 Å². The highest BCUT2D eigenvalue weighted by Gasteiger charge is 2.20. The third kappa shape index (κ3) is 3.06. The lowest BCUT2D eigenvalue weighted by Crippen LogP contribution is -2.10. The van der Waals surface area contributed by atoms with Crippen molar-refractivity contribution in [1.29, 1.82) is 0 Å². The summed E-state index contributed by atoms with van der Waals surface area (Å²) in [6, 6.07) is 8.96. The second kappa shape index (κ2) is 5.75. The number of benzene rings is 1. The molecular formula is C13H8ClF2NO2. The number of hydrogen-bond donors (Lipinski definition) is 0. The maximum atomic E-state index is 12.3. The molecule has 2 rings (SSSR count). The van der Waals surface area contributed by atoms with Crippen molar-refractivity contribution in [2.75, 3.05) is 0 Å². The van der Waals surface area contributed by atoms with Crippen molar-refractivity contribution < 1.29 is 18.3 Å². The van der Waals surface area contributed by atoms with Gasteiger partial charge in [0.1, 0.15) is 5.69 Å². The molecule has 6 heteroatoms. The van der Waals surface area contributed by atoms with Gasteiger partial charge in [-0.05, 0) is 24.3 Å². The lowest BCUT2D eigenvalue weighted by molar-refractivity contribution is -0.0500. The van der Waals surface area contributed by atoms with Crippen molar-refractivity contribution in [2.45, 2.75) is 6.61 Å². The summed E-state index contributed by atoms with van der Waals surface area (Å²) >= 11 is 5.77. The first-order valence-corrected chi connectivity index (χ1v) is 5.66. The Morgan fingerprint density at radius 2 is 2.00 bits per heavy atom. The second-order valence-corrected chi connectivity index (χ2v) is 3.95. The van der Waals surface area contributed by atoms with Crippen LogP contribution in [-0.4, -0.2) is 17.4 Å². The first kappa shape index (κ1) is 13.4. The Labute approximate surface area is 112 Å². The van der Waals surface area contributed by atoms with Gasteiger partial charge in [-0.2, -0.15) is 8.78 Å². The van der Waals surface area contributed by atoms with E-state index in [0.29, 0.717) is 0 Å². The molecule has 0 radical (unpaired) electrons. The molecule has 3 nitrogen and oxygen atoms in total. The normalized spacial score (nSPS) is 10.5. The van der Waals surface area contributed by atoms with Gasteiger partial charge in [0.2, 0.25) is 5.78 Å². The summed E-state index contributed by atoms with van der Waals surface area (Å²) in [6.07, 6.45) is 1.44. The molecular weight excluding hydrogens is 276 g/mol. The van der Waals surface area contributed by atoms with Crippen LogP contribution in [0.5, 0.6) is 5.75 Å². The number of pyridine rings is 1. The number of aromatic nitrogens is 1. The Kier molecular flexibility index (Phi) is 4.06. The molecule has 0 spiro atoms. The molecule has 0 unspecified atom stereocenters. The van der Waals surface area contributed by atoms with Gasteiger partial charge in [0.25, 0.3) is 0 Å². The van der Waals surface area contributed by atoms with Crippen molar-refractivity contribution >= 4 is 17.4 Å². The van der Waals surface area contributed by atoms with Crippen LogP contribution < -0.4 is 4.74 Å². The molecule has 0 saturated heterocycles. The highest BCUT2D eigenvalue weighted by molar-refractivity contribution is 6.33. The zero-order valence-electron chi connectivity index (χ0n) is 9.52. The molecule has 1 aromatic carbocycles. The zero-order chi connectivity index (χ0) is 13.8. The van der Waals surface area contributed by atoms with Crippen LogP contribution in [0.4, 0.5) is 8.78 Å². The highest BCUT2D eigenvalue weighted by Crippen LogP contribution is 2.31. The van der Waals surface area contributed by atoms with Crippen LogP contribution in [0.15, 0.2) is 42.6 Å². The van der Waals surface area contributed by atoms with E-state index >= 15 is 0 Å². The average Bonchev–Trinajstić information content (AvgIpc) is 2.41. The number of halogens is 3. The van der Waals surface area contributed by atoms with Crippen molar-refractivity contribution in [3.8, 4) is 5.75 Å². The Morgan fingerprint density at radius 3 is 2.63 bits per heavy atom. The number of rotatable bonds is 4. The summed E-state index contributed by atoms with van der Waals surface area (Å²) in [5.41, 5.74) is 0.0791. The molecule has 0 N–H and O–H groups in total. The van der Waals surface area contributed by atoms with E-state index < -0.39 is 12.4 Å². The van der Waals surface area contributed by atoms with Gasteiger partial charge in [0.15, 0.2) is 5.75 Å². The summed E-state index contributed by atoms with van der Waals surface area (Å²) < 4.78 is 29.0. The van der Waals surface area contributed by atoms with E-state index in [1.807, 2.05) is 0 Å². The SMILES string of the molecule is O=C(c1ccccn1)c1cccc(Cl)c1OC(F)F. The topological polar surface area (TPSA) is 39.2 Å². The van der Waals surface area contributed by atoms with Crippen molar-refractivity contribution in [2.24, 2.45) is 0 Å². The number of nitrogens with zero attached hydrogens (tertiary/aromatic N) is 1. The van der Waals surface area contributed by atoms with E-state index in [-0.39, 0.29) is 22.0 Å². The molecule has 1 heterocycles. The third-order valence-corrected chi connectivity index (χ3v) is 2.61. The second-order valence-electron chi connectivity index (χ2n) is 3.54. The fraction of sp³-hybridized carbons (Fsp3) is 0.0769. The highest BCUT2D eigenvalue weighted by atomic mass is 35.5. The molecule has 0 aliphatic carbocycles. The summed E-state index contributed by atoms with van der Waals surface area (Å²) in [5, 5.41) is -0.0536. The van der Waals surface area contributed by atoms with E-state index in [4.69, 9.17) is 11.6 Å². The van der Waals surface area contributed by atoms with Gasteiger partial charge in [-0.25, -0.2) is 0 Å². The van der Waals surface area contributed by atoms with Crippen molar-refractivity contribution in [1.82, 2.24) is 4.98 Å². The number of hydrogen-bond acceptors (Lipinski definition) is 3. The van der Waals surface area contributed by atoms with Gasteiger partial charge >= 0.3 is 6.61 Å². The third-order valence-electron chi connectivity index (χ3n) is 2.32. The summed E-state index contributed by atoms with van der Waals surface area (Å²) in [5.74, 6) is -0.867. The van der Waals surface area contributed by atoms with Gasteiger partial charge in [-0.1, -0.05) is 23.7 Å². The molecule has 0 aliphatic rings. The van der Waals surface area contributed by atoms with Gasteiger partial charge in [0, 0.05) is 6.20 Å². The zero-order valence-corrected chi connectivity index (χ0v) is 10.3. The average molecular weight is 284 g/mol. The number of ether oxygens (including phenoxy) is 1. The number of para-hydroxylation sites is 1. The fourth-order valence-electron chi connectivity index (χ4n) is 1.53. The van der Waals surface area contributed by atoms with Crippen LogP contribution in [-0.2, 0) is 0 Å². The maximum absolute atomic E-state index is 12.3. The number of alkyl halides is 2. The molecule has 0 saturated carbocycles. The van der Waals surface area contributed by atoms with E-state index in [9.17, 15) is 13.6 Å². The van der Waals surface area contributed by atoms with Crippen LogP contribution in [0.3, 0.4) is 0 Å². The minimum absolute atomic E-state index is 0.0495.